The predicted molar refractivity (Wildman–Crippen MR) is 60.2 cm³/mol. The minimum atomic E-state index is -0.920. The lowest BCUT2D eigenvalue weighted by atomic mass is 9.93. The van der Waals surface area contributed by atoms with E-state index < -0.39 is 16.8 Å². The van der Waals surface area contributed by atoms with Gasteiger partial charge in [0, 0.05) is 12.0 Å². The largest absolute Gasteiger partial charge is 0.616 e. The van der Waals surface area contributed by atoms with E-state index in [1.807, 2.05) is 30.3 Å². The summed E-state index contributed by atoms with van der Waals surface area (Å²) in [6, 6.07) is 9.76. The lowest BCUT2D eigenvalue weighted by Crippen LogP contribution is -2.33. The maximum Gasteiger partial charge on any atom is 0.212 e. The quantitative estimate of drug-likeness (QED) is 0.728. The minimum Gasteiger partial charge on any atom is -0.616 e. The Hall–Kier alpha value is -1.00. The molecular formula is C11H12NO2S. The van der Waals surface area contributed by atoms with Crippen LogP contribution in [0, 0.1) is 0 Å². The number of rotatable bonds is 3. The number of hydrogen-bond acceptors (Lipinski definition) is 3. The molecule has 1 heterocycles. The van der Waals surface area contributed by atoms with Gasteiger partial charge in [0.15, 0.2) is 5.75 Å². The maximum absolute atomic E-state index is 11.3. The van der Waals surface area contributed by atoms with E-state index in [2.05, 4.69) is 11.4 Å². The summed E-state index contributed by atoms with van der Waals surface area (Å²) >= 11 is -0.920. The molecule has 4 heteroatoms. The zero-order valence-electron chi connectivity index (χ0n) is 8.47. The highest BCUT2D eigenvalue weighted by molar-refractivity contribution is 7.90. The maximum atomic E-state index is 11.3. The van der Waals surface area contributed by atoms with Gasteiger partial charge in [-0.2, -0.15) is 0 Å². The molecule has 0 aromatic heterocycles. The molecule has 15 heavy (non-hydrogen) atoms. The Bertz CT molecular complexity index is 343. The van der Waals surface area contributed by atoms with Gasteiger partial charge < -0.3 is 9.39 Å². The van der Waals surface area contributed by atoms with Crippen LogP contribution >= 0.6 is 0 Å². The van der Waals surface area contributed by atoms with Gasteiger partial charge in [-0.05, 0) is 0 Å². The van der Waals surface area contributed by atoms with Gasteiger partial charge in [-0.25, -0.2) is 0 Å². The smallest absolute Gasteiger partial charge is 0.212 e. The molecule has 0 saturated heterocycles. The van der Waals surface area contributed by atoms with Crippen molar-refractivity contribution >= 4 is 17.4 Å². The fraction of sp³-hybridized carbons (Fsp3) is 0.364. The summed E-state index contributed by atoms with van der Waals surface area (Å²) in [5.74, 6) is 0.452. The Morgan fingerprint density at radius 3 is 2.80 bits per heavy atom. The molecule has 2 unspecified atom stereocenters. The first-order valence-electron chi connectivity index (χ1n) is 4.70. The summed E-state index contributed by atoms with van der Waals surface area (Å²) in [5.41, 5.74) is 0.440. The van der Waals surface area contributed by atoms with Gasteiger partial charge >= 0.3 is 0 Å². The Morgan fingerprint density at radius 1 is 1.53 bits per heavy atom. The van der Waals surface area contributed by atoms with Gasteiger partial charge in [-0.3, -0.25) is 0 Å². The average Bonchev–Trinajstić information content (AvgIpc) is 2.68. The van der Waals surface area contributed by atoms with Crippen LogP contribution < -0.4 is 0 Å². The first-order valence-corrected chi connectivity index (χ1v) is 6.42. The molecule has 2 rings (SSSR count). The third kappa shape index (κ3) is 2.16. The van der Waals surface area contributed by atoms with Gasteiger partial charge in [-0.15, -0.1) is 0 Å². The molecule has 1 aliphatic rings. The van der Waals surface area contributed by atoms with E-state index in [1.54, 1.807) is 6.26 Å². The molecule has 0 amide bonds. The summed E-state index contributed by atoms with van der Waals surface area (Å²) in [6.07, 6.45) is 5.02. The monoisotopic (exact) mass is 222 g/mol. The van der Waals surface area contributed by atoms with E-state index in [4.69, 9.17) is 4.84 Å². The van der Waals surface area contributed by atoms with E-state index in [0.717, 1.165) is 5.56 Å². The molecule has 1 aromatic rings. The van der Waals surface area contributed by atoms with Crippen LogP contribution in [-0.2, 0) is 21.6 Å². The van der Waals surface area contributed by atoms with Crippen LogP contribution in [0.1, 0.15) is 12.0 Å². The molecule has 3 nitrogen and oxygen atoms in total. The fourth-order valence-corrected chi connectivity index (χ4v) is 2.68. The van der Waals surface area contributed by atoms with Crippen molar-refractivity contribution in [2.45, 2.75) is 12.0 Å². The molecule has 0 fully saturated rings. The average molecular weight is 222 g/mol. The van der Waals surface area contributed by atoms with Crippen LogP contribution in [0.3, 0.4) is 0 Å². The van der Waals surface area contributed by atoms with Crippen molar-refractivity contribution in [2.24, 2.45) is 5.16 Å². The van der Waals surface area contributed by atoms with Gasteiger partial charge in [0.05, 0.1) is 6.26 Å². The molecule has 1 aromatic carbocycles. The lowest BCUT2D eigenvalue weighted by molar-refractivity contribution is -0.00442. The Balaban J connectivity index is 2.27. The molecule has 0 spiro atoms. The zero-order chi connectivity index (χ0) is 10.7. The Labute approximate surface area is 92.3 Å². The van der Waals surface area contributed by atoms with Crippen molar-refractivity contribution in [1.29, 1.82) is 0 Å². The van der Waals surface area contributed by atoms with Gasteiger partial charge in [0.25, 0.3) is 0 Å². The van der Waals surface area contributed by atoms with Gasteiger partial charge in [0.1, 0.15) is 6.21 Å². The molecular weight excluding hydrogens is 210 g/mol. The molecule has 0 aliphatic carbocycles. The van der Waals surface area contributed by atoms with Crippen molar-refractivity contribution in [2.75, 3.05) is 12.0 Å². The Kier molecular flexibility index (Phi) is 2.98. The first-order chi connectivity index (χ1) is 7.23. The van der Waals surface area contributed by atoms with Crippen LogP contribution in [0.25, 0.3) is 0 Å². The summed E-state index contributed by atoms with van der Waals surface area (Å²) < 4.78 is 11.3. The normalized spacial score (nSPS) is 26.3. The summed E-state index contributed by atoms with van der Waals surface area (Å²) in [7, 11) is 0. The SMILES string of the molecule is C[S+]([O-])CC1(c2ccccc2)C[C]=NO1. The lowest BCUT2D eigenvalue weighted by Gasteiger charge is -2.26. The molecule has 0 saturated carbocycles. The highest BCUT2D eigenvalue weighted by Gasteiger charge is 2.41. The van der Waals surface area contributed by atoms with E-state index in [0.29, 0.717) is 12.2 Å². The fourth-order valence-electron chi connectivity index (χ4n) is 1.70. The van der Waals surface area contributed by atoms with Crippen molar-refractivity contribution < 1.29 is 9.39 Å². The standard InChI is InChI=1S/C11H12NO2S/c1-15(13)9-11(7-8-12-14-11)10-5-3-2-4-6-10/h2-6H,7,9H2,1H3. The van der Waals surface area contributed by atoms with E-state index in [1.165, 1.54) is 0 Å². The molecule has 0 N–H and O–H groups in total. The van der Waals surface area contributed by atoms with E-state index in [9.17, 15) is 4.55 Å². The molecule has 0 bridgehead atoms. The third-order valence-electron chi connectivity index (χ3n) is 2.39. The van der Waals surface area contributed by atoms with Crippen LogP contribution in [-0.4, -0.2) is 22.8 Å². The van der Waals surface area contributed by atoms with Crippen molar-refractivity contribution in [1.82, 2.24) is 0 Å². The first kappa shape index (κ1) is 10.5. The Morgan fingerprint density at radius 2 is 2.27 bits per heavy atom. The second-order valence-electron chi connectivity index (χ2n) is 3.60. The third-order valence-corrected chi connectivity index (χ3v) is 3.26. The van der Waals surface area contributed by atoms with Crippen molar-refractivity contribution in [3.63, 3.8) is 0 Å². The number of nitrogens with zero attached hydrogens (tertiary/aromatic N) is 1. The van der Waals surface area contributed by atoms with E-state index in [-0.39, 0.29) is 0 Å². The summed E-state index contributed by atoms with van der Waals surface area (Å²) in [4.78, 5) is 5.36. The van der Waals surface area contributed by atoms with Crippen LogP contribution in [0.4, 0.5) is 0 Å². The minimum absolute atomic E-state index is 0.452. The van der Waals surface area contributed by atoms with Crippen molar-refractivity contribution in [3.05, 3.63) is 35.9 Å². The molecule has 1 aliphatic heterocycles. The highest BCUT2D eigenvalue weighted by Crippen LogP contribution is 2.33. The van der Waals surface area contributed by atoms with Crippen LogP contribution in [0.5, 0.6) is 0 Å². The molecule has 79 valence electrons. The molecule has 2 atom stereocenters. The van der Waals surface area contributed by atoms with Crippen molar-refractivity contribution in [3.8, 4) is 0 Å². The predicted octanol–water partition coefficient (Wildman–Crippen LogP) is 1.54. The second kappa shape index (κ2) is 4.24. The van der Waals surface area contributed by atoms with Crippen LogP contribution in [0.2, 0.25) is 0 Å². The summed E-state index contributed by atoms with van der Waals surface area (Å²) in [6.45, 7) is 0. The molecule has 1 radical (unpaired) electrons. The zero-order valence-corrected chi connectivity index (χ0v) is 9.29. The van der Waals surface area contributed by atoms with Gasteiger partial charge in [0.2, 0.25) is 5.60 Å². The second-order valence-corrected chi connectivity index (χ2v) is 5.03. The number of hydrogen-bond donors (Lipinski definition) is 0. The summed E-state index contributed by atoms with van der Waals surface area (Å²) in [5, 5.41) is 3.68. The topological polar surface area (TPSA) is 44.7 Å². The van der Waals surface area contributed by atoms with Gasteiger partial charge in [-0.1, -0.05) is 46.7 Å². The number of benzene rings is 1. The highest BCUT2D eigenvalue weighted by atomic mass is 32.2. The van der Waals surface area contributed by atoms with Crippen LogP contribution in [0.15, 0.2) is 35.5 Å². The van der Waals surface area contributed by atoms with E-state index >= 15 is 0 Å².